The summed E-state index contributed by atoms with van der Waals surface area (Å²) >= 11 is 0. The van der Waals surface area contributed by atoms with Crippen molar-refractivity contribution in [3.63, 3.8) is 0 Å². The summed E-state index contributed by atoms with van der Waals surface area (Å²) in [6.07, 6.45) is 3.78. The summed E-state index contributed by atoms with van der Waals surface area (Å²) in [6.45, 7) is 5.58. The highest BCUT2D eigenvalue weighted by Gasteiger charge is 2.36. The van der Waals surface area contributed by atoms with Crippen LogP contribution < -0.4 is 0 Å². The van der Waals surface area contributed by atoms with E-state index < -0.39 is 0 Å². The fourth-order valence-corrected chi connectivity index (χ4v) is 3.35. The largest absolute Gasteiger partial charge is 0.338 e. The fourth-order valence-electron chi connectivity index (χ4n) is 3.35. The molecular formula is C17H20FN3O. The van der Waals surface area contributed by atoms with Crippen molar-refractivity contribution in [3.05, 3.63) is 53.1 Å². The van der Waals surface area contributed by atoms with Gasteiger partial charge in [0.1, 0.15) is 5.82 Å². The molecule has 0 saturated carbocycles. The van der Waals surface area contributed by atoms with Gasteiger partial charge in [-0.2, -0.15) is 5.10 Å². The van der Waals surface area contributed by atoms with E-state index in [1.165, 1.54) is 12.1 Å². The number of H-pyrrole nitrogens is 1. The molecule has 22 heavy (non-hydrogen) atoms. The Balaban J connectivity index is 1.82. The third-order valence-electron chi connectivity index (χ3n) is 4.51. The number of nitrogens with zero attached hydrogens (tertiary/aromatic N) is 2. The number of carbonyl (C=O) groups excluding carboxylic acids is 1. The molecule has 0 bridgehead atoms. The quantitative estimate of drug-likeness (QED) is 0.927. The Morgan fingerprint density at radius 2 is 2.09 bits per heavy atom. The Kier molecular flexibility index (Phi) is 3.72. The van der Waals surface area contributed by atoms with Crippen molar-refractivity contribution < 1.29 is 9.18 Å². The summed E-state index contributed by atoms with van der Waals surface area (Å²) in [5.41, 5.74) is 2.64. The average molecular weight is 301 g/mol. The van der Waals surface area contributed by atoms with E-state index in [0.29, 0.717) is 12.1 Å². The number of carbonyl (C=O) groups is 1. The first-order chi connectivity index (χ1) is 10.5. The van der Waals surface area contributed by atoms with Gasteiger partial charge in [-0.15, -0.1) is 0 Å². The number of likely N-dealkylation sites (tertiary alicyclic amines) is 1. The summed E-state index contributed by atoms with van der Waals surface area (Å²) in [5.74, 6) is -0.365. The molecule has 2 aromatic rings. The minimum Gasteiger partial charge on any atom is -0.338 e. The molecule has 1 aliphatic rings. The van der Waals surface area contributed by atoms with Gasteiger partial charge in [0.15, 0.2) is 0 Å². The van der Waals surface area contributed by atoms with Crippen LogP contribution in [0.3, 0.4) is 0 Å². The van der Waals surface area contributed by atoms with E-state index in [9.17, 15) is 9.18 Å². The van der Waals surface area contributed by atoms with Gasteiger partial charge in [0.25, 0.3) is 5.91 Å². The second-order valence-corrected chi connectivity index (χ2v) is 6.33. The Morgan fingerprint density at radius 1 is 1.36 bits per heavy atom. The zero-order valence-corrected chi connectivity index (χ0v) is 12.9. The molecule has 1 aromatic carbocycles. The van der Waals surface area contributed by atoms with Gasteiger partial charge >= 0.3 is 0 Å². The average Bonchev–Trinajstić information content (AvgIpc) is 2.94. The van der Waals surface area contributed by atoms with Crippen LogP contribution in [0.4, 0.5) is 4.39 Å². The number of hydrogen-bond acceptors (Lipinski definition) is 2. The molecule has 3 rings (SSSR count). The van der Waals surface area contributed by atoms with Gasteiger partial charge in [-0.05, 0) is 49.6 Å². The third-order valence-corrected chi connectivity index (χ3v) is 4.51. The van der Waals surface area contributed by atoms with Gasteiger partial charge < -0.3 is 4.90 Å². The first-order valence-corrected chi connectivity index (χ1v) is 7.55. The van der Waals surface area contributed by atoms with E-state index in [-0.39, 0.29) is 17.1 Å². The van der Waals surface area contributed by atoms with Crippen LogP contribution in [-0.4, -0.2) is 34.1 Å². The lowest BCUT2D eigenvalue weighted by molar-refractivity contribution is 0.0647. The third kappa shape index (κ3) is 2.63. The summed E-state index contributed by atoms with van der Waals surface area (Å²) < 4.78 is 13.0. The Labute approximate surface area is 129 Å². The van der Waals surface area contributed by atoms with Crippen LogP contribution in [0.1, 0.15) is 41.4 Å². The van der Waals surface area contributed by atoms with Crippen LogP contribution in [0.25, 0.3) is 0 Å². The van der Waals surface area contributed by atoms with Gasteiger partial charge in [-0.1, -0.05) is 6.92 Å². The van der Waals surface area contributed by atoms with Crippen LogP contribution in [0.5, 0.6) is 0 Å². The molecule has 2 heterocycles. The smallest absolute Gasteiger partial charge is 0.253 e. The summed E-state index contributed by atoms with van der Waals surface area (Å²) in [7, 11) is 0. The van der Waals surface area contributed by atoms with E-state index >= 15 is 0 Å². The maximum absolute atomic E-state index is 13.0. The highest BCUT2D eigenvalue weighted by atomic mass is 19.1. The molecule has 4 nitrogen and oxygen atoms in total. The van der Waals surface area contributed by atoms with Crippen LogP contribution in [0.2, 0.25) is 0 Å². The first-order valence-electron chi connectivity index (χ1n) is 7.55. The minimum absolute atomic E-state index is 0.0388. The molecular weight excluding hydrogens is 281 g/mol. The molecule has 1 aromatic heterocycles. The van der Waals surface area contributed by atoms with Crippen molar-refractivity contribution in [2.75, 3.05) is 13.1 Å². The number of benzene rings is 1. The molecule has 1 atom stereocenters. The number of hydrogen-bond donors (Lipinski definition) is 1. The van der Waals surface area contributed by atoms with E-state index in [1.54, 1.807) is 12.1 Å². The predicted molar refractivity (Wildman–Crippen MR) is 82.2 cm³/mol. The monoisotopic (exact) mass is 301 g/mol. The Morgan fingerprint density at radius 3 is 2.73 bits per heavy atom. The van der Waals surface area contributed by atoms with Crippen LogP contribution in [0, 0.1) is 12.7 Å². The summed E-state index contributed by atoms with van der Waals surface area (Å²) in [5, 5.41) is 7.19. The molecule has 1 fully saturated rings. The molecule has 1 saturated heterocycles. The van der Waals surface area contributed by atoms with Crippen LogP contribution >= 0.6 is 0 Å². The lowest BCUT2D eigenvalue weighted by Crippen LogP contribution is -2.47. The number of amides is 1. The number of halogens is 1. The minimum atomic E-state index is -0.326. The molecule has 116 valence electrons. The molecule has 1 N–H and O–H groups in total. The second kappa shape index (κ2) is 5.55. The molecule has 0 spiro atoms. The van der Waals surface area contributed by atoms with Crippen molar-refractivity contribution >= 4 is 5.91 Å². The van der Waals surface area contributed by atoms with E-state index in [0.717, 1.165) is 30.6 Å². The Bertz CT molecular complexity index is 679. The lowest BCUT2D eigenvalue weighted by atomic mass is 9.77. The van der Waals surface area contributed by atoms with Gasteiger partial charge in [-0.3, -0.25) is 9.89 Å². The van der Waals surface area contributed by atoms with E-state index in [1.807, 2.05) is 18.0 Å². The lowest BCUT2D eigenvalue weighted by Gasteiger charge is -2.40. The van der Waals surface area contributed by atoms with Crippen molar-refractivity contribution in [3.8, 4) is 0 Å². The van der Waals surface area contributed by atoms with Gasteiger partial charge in [0, 0.05) is 29.8 Å². The maximum Gasteiger partial charge on any atom is 0.253 e. The first kappa shape index (κ1) is 14.8. The van der Waals surface area contributed by atoms with E-state index in [2.05, 4.69) is 17.1 Å². The summed E-state index contributed by atoms with van der Waals surface area (Å²) in [6, 6.07) is 5.75. The molecule has 5 heteroatoms. The molecule has 0 aliphatic carbocycles. The molecule has 0 radical (unpaired) electrons. The highest BCUT2D eigenvalue weighted by molar-refractivity contribution is 5.94. The fraction of sp³-hybridized carbons (Fsp3) is 0.412. The predicted octanol–water partition coefficient (Wildman–Crippen LogP) is 3.05. The normalized spacial score (nSPS) is 21.9. The number of rotatable bonds is 2. The van der Waals surface area contributed by atoms with Crippen molar-refractivity contribution in [2.24, 2.45) is 0 Å². The molecule has 1 aliphatic heterocycles. The second-order valence-electron chi connectivity index (χ2n) is 6.33. The SMILES string of the molecule is Cc1cn[nH]c1C1(C)CCCN(C(=O)c2ccc(F)cc2)C1. The van der Waals surface area contributed by atoms with Gasteiger partial charge in [0.05, 0.1) is 6.20 Å². The number of piperidine rings is 1. The maximum atomic E-state index is 13.0. The summed E-state index contributed by atoms with van der Waals surface area (Å²) in [4.78, 5) is 14.5. The number of aromatic amines is 1. The number of nitrogens with one attached hydrogen (secondary N) is 1. The Hall–Kier alpha value is -2.17. The topological polar surface area (TPSA) is 49.0 Å². The van der Waals surface area contributed by atoms with Crippen molar-refractivity contribution in [2.45, 2.75) is 32.1 Å². The molecule has 1 amide bonds. The van der Waals surface area contributed by atoms with E-state index in [4.69, 9.17) is 0 Å². The van der Waals surface area contributed by atoms with Crippen LogP contribution in [0.15, 0.2) is 30.5 Å². The number of aromatic nitrogens is 2. The zero-order valence-electron chi connectivity index (χ0n) is 12.9. The van der Waals surface area contributed by atoms with Gasteiger partial charge in [0.2, 0.25) is 0 Å². The van der Waals surface area contributed by atoms with Crippen LogP contribution in [-0.2, 0) is 5.41 Å². The highest BCUT2D eigenvalue weighted by Crippen LogP contribution is 2.34. The molecule has 1 unspecified atom stereocenters. The zero-order chi connectivity index (χ0) is 15.7. The standard InChI is InChI=1S/C17H20FN3O/c1-12-10-19-20-15(12)17(2)8-3-9-21(11-17)16(22)13-4-6-14(18)7-5-13/h4-7,10H,3,8-9,11H2,1-2H3,(H,19,20). The van der Waals surface area contributed by atoms with Gasteiger partial charge in [-0.25, -0.2) is 4.39 Å². The van der Waals surface area contributed by atoms with Crippen molar-refractivity contribution in [1.29, 1.82) is 0 Å². The van der Waals surface area contributed by atoms with Crippen molar-refractivity contribution in [1.82, 2.24) is 15.1 Å². The number of aryl methyl sites for hydroxylation is 1.